The lowest BCUT2D eigenvalue weighted by atomic mass is 9.68. The molecule has 150 valence electrons. The lowest BCUT2D eigenvalue weighted by Crippen LogP contribution is -2.51. The Morgan fingerprint density at radius 2 is 1.89 bits per heavy atom. The molecule has 1 amide bonds. The maximum absolute atomic E-state index is 12.4. The summed E-state index contributed by atoms with van der Waals surface area (Å²) in [5.41, 5.74) is 1.68. The zero-order chi connectivity index (χ0) is 19.5. The van der Waals surface area contributed by atoms with E-state index < -0.39 is 10.0 Å². The Balaban J connectivity index is 1.56. The SMILES string of the molecule is CN1C[C@@H](c2ccccc2)CC2(CCN(C(=O)CCNS(C)(=O)=O)CC2)C1. The second-order valence-electron chi connectivity index (χ2n) is 8.31. The van der Waals surface area contributed by atoms with Crippen molar-refractivity contribution >= 4 is 15.9 Å². The summed E-state index contributed by atoms with van der Waals surface area (Å²) >= 11 is 0. The highest BCUT2D eigenvalue weighted by Crippen LogP contribution is 2.44. The topological polar surface area (TPSA) is 69.7 Å². The molecule has 0 aromatic heterocycles. The molecule has 1 spiro atoms. The number of sulfonamides is 1. The van der Waals surface area contributed by atoms with E-state index in [0.29, 0.717) is 5.92 Å². The van der Waals surface area contributed by atoms with Gasteiger partial charge in [-0.25, -0.2) is 13.1 Å². The number of amides is 1. The van der Waals surface area contributed by atoms with Crippen molar-refractivity contribution in [3.05, 3.63) is 35.9 Å². The van der Waals surface area contributed by atoms with Crippen LogP contribution in [0.2, 0.25) is 0 Å². The predicted molar refractivity (Wildman–Crippen MR) is 107 cm³/mol. The van der Waals surface area contributed by atoms with E-state index in [-0.39, 0.29) is 24.3 Å². The number of likely N-dealkylation sites (N-methyl/N-ethyl adjacent to an activating group) is 1. The molecule has 6 nitrogen and oxygen atoms in total. The number of carbonyl (C=O) groups is 1. The molecule has 7 heteroatoms. The van der Waals surface area contributed by atoms with E-state index in [2.05, 4.69) is 47.0 Å². The number of rotatable bonds is 5. The zero-order valence-corrected chi connectivity index (χ0v) is 17.2. The van der Waals surface area contributed by atoms with E-state index in [4.69, 9.17) is 0 Å². The molecule has 0 bridgehead atoms. The van der Waals surface area contributed by atoms with Gasteiger partial charge in [0.1, 0.15) is 0 Å². The largest absolute Gasteiger partial charge is 0.343 e. The van der Waals surface area contributed by atoms with Gasteiger partial charge in [0.05, 0.1) is 6.26 Å². The monoisotopic (exact) mass is 393 g/mol. The Kier molecular flexibility index (Phi) is 6.23. The van der Waals surface area contributed by atoms with Gasteiger partial charge < -0.3 is 9.80 Å². The Bertz CT molecular complexity index is 743. The molecule has 27 heavy (non-hydrogen) atoms. The van der Waals surface area contributed by atoms with Crippen LogP contribution < -0.4 is 4.72 Å². The third-order valence-electron chi connectivity index (χ3n) is 5.97. The average Bonchev–Trinajstić information content (AvgIpc) is 2.61. The predicted octanol–water partition coefficient (Wildman–Crippen LogP) is 1.65. The van der Waals surface area contributed by atoms with Crippen LogP contribution in [-0.2, 0) is 14.8 Å². The standard InChI is InChI=1S/C20H31N3O3S/c1-22-15-18(17-6-4-3-5-7-17)14-20(16-22)9-12-23(13-10-20)19(24)8-11-21-27(2,25)26/h3-7,18,21H,8-16H2,1-2H3/t18-/m0/s1. The van der Waals surface area contributed by atoms with Gasteiger partial charge in [-0.3, -0.25) is 4.79 Å². The van der Waals surface area contributed by atoms with Gasteiger partial charge in [-0.2, -0.15) is 0 Å². The third-order valence-corrected chi connectivity index (χ3v) is 6.70. The van der Waals surface area contributed by atoms with E-state index in [1.807, 2.05) is 4.90 Å². The first-order chi connectivity index (χ1) is 12.8. The fourth-order valence-electron chi connectivity index (χ4n) is 4.71. The minimum absolute atomic E-state index is 0.0461. The molecule has 2 fully saturated rings. The van der Waals surface area contributed by atoms with Crippen LogP contribution in [0, 0.1) is 5.41 Å². The zero-order valence-electron chi connectivity index (χ0n) is 16.4. The molecule has 1 aromatic carbocycles. The molecule has 2 heterocycles. The maximum atomic E-state index is 12.4. The number of piperidine rings is 2. The maximum Gasteiger partial charge on any atom is 0.223 e. The molecule has 2 saturated heterocycles. The van der Waals surface area contributed by atoms with Crippen LogP contribution in [0.25, 0.3) is 0 Å². The Labute approximate surface area is 163 Å². The van der Waals surface area contributed by atoms with Gasteiger partial charge in [0.15, 0.2) is 0 Å². The summed E-state index contributed by atoms with van der Waals surface area (Å²) in [5.74, 6) is 0.593. The smallest absolute Gasteiger partial charge is 0.223 e. The van der Waals surface area contributed by atoms with Crippen LogP contribution in [0.15, 0.2) is 30.3 Å². The van der Waals surface area contributed by atoms with Crippen molar-refractivity contribution in [2.24, 2.45) is 5.41 Å². The van der Waals surface area contributed by atoms with Crippen LogP contribution in [0.3, 0.4) is 0 Å². The fraction of sp³-hybridized carbons (Fsp3) is 0.650. The lowest BCUT2D eigenvalue weighted by Gasteiger charge is -2.49. The van der Waals surface area contributed by atoms with Crippen molar-refractivity contribution < 1.29 is 13.2 Å². The number of hydrogen-bond donors (Lipinski definition) is 1. The molecule has 3 rings (SSSR count). The van der Waals surface area contributed by atoms with Crippen LogP contribution >= 0.6 is 0 Å². The molecular weight excluding hydrogens is 362 g/mol. The highest BCUT2D eigenvalue weighted by molar-refractivity contribution is 7.88. The Morgan fingerprint density at radius 3 is 2.52 bits per heavy atom. The summed E-state index contributed by atoms with van der Waals surface area (Å²) in [6.45, 7) is 3.90. The molecule has 0 saturated carbocycles. The minimum Gasteiger partial charge on any atom is -0.343 e. The molecule has 1 aromatic rings. The van der Waals surface area contributed by atoms with Gasteiger partial charge in [0.25, 0.3) is 0 Å². The third kappa shape index (κ3) is 5.53. The Morgan fingerprint density at radius 1 is 1.22 bits per heavy atom. The van der Waals surface area contributed by atoms with Gasteiger partial charge in [0.2, 0.25) is 15.9 Å². The van der Waals surface area contributed by atoms with Gasteiger partial charge >= 0.3 is 0 Å². The summed E-state index contributed by atoms with van der Waals surface area (Å²) in [6.07, 6.45) is 4.56. The number of likely N-dealkylation sites (tertiary alicyclic amines) is 2. The fourth-order valence-corrected chi connectivity index (χ4v) is 5.18. The first kappa shape index (κ1) is 20.3. The van der Waals surface area contributed by atoms with Gasteiger partial charge in [-0.15, -0.1) is 0 Å². The van der Waals surface area contributed by atoms with Crippen molar-refractivity contribution in [2.75, 3.05) is 46.0 Å². The van der Waals surface area contributed by atoms with Crippen LogP contribution in [0.5, 0.6) is 0 Å². The number of benzene rings is 1. The Hall–Kier alpha value is -1.44. The van der Waals surface area contributed by atoms with Crippen molar-refractivity contribution in [2.45, 2.75) is 31.6 Å². The van der Waals surface area contributed by atoms with Crippen LogP contribution in [0.4, 0.5) is 0 Å². The van der Waals surface area contributed by atoms with Gasteiger partial charge in [0, 0.05) is 39.1 Å². The number of nitrogens with one attached hydrogen (secondary N) is 1. The number of hydrogen-bond acceptors (Lipinski definition) is 4. The summed E-state index contributed by atoms with van der Waals surface area (Å²) in [5, 5.41) is 0. The molecule has 1 N–H and O–H groups in total. The highest BCUT2D eigenvalue weighted by atomic mass is 32.2. The van der Waals surface area contributed by atoms with Crippen molar-refractivity contribution in [1.29, 1.82) is 0 Å². The number of nitrogens with zero attached hydrogens (tertiary/aromatic N) is 2. The summed E-state index contributed by atoms with van der Waals surface area (Å²) in [4.78, 5) is 16.7. The van der Waals surface area contributed by atoms with Crippen molar-refractivity contribution in [3.8, 4) is 0 Å². The normalized spacial score (nSPS) is 23.5. The summed E-state index contributed by atoms with van der Waals surface area (Å²) < 4.78 is 24.7. The first-order valence-electron chi connectivity index (χ1n) is 9.72. The number of carbonyl (C=O) groups excluding carboxylic acids is 1. The first-order valence-corrected chi connectivity index (χ1v) is 11.6. The van der Waals surface area contributed by atoms with Crippen molar-refractivity contribution in [3.63, 3.8) is 0 Å². The van der Waals surface area contributed by atoms with Crippen LogP contribution in [0.1, 0.15) is 37.2 Å². The average molecular weight is 394 g/mol. The summed E-state index contributed by atoms with van der Waals surface area (Å²) in [7, 11) is -1.04. The van der Waals surface area contributed by atoms with Gasteiger partial charge in [-0.05, 0) is 43.2 Å². The molecule has 2 aliphatic rings. The van der Waals surface area contributed by atoms with Gasteiger partial charge in [-0.1, -0.05) is 30.3 Å². The minimum atomic E-state index is -3.24. The quantitative estimate of drug-likeness (QED) is 0.826. The second kappa shape index (κ2) is 8.29. The molecule has 0 unspecified atom stereocenters. The highest BCUT2D eigenvalue weighted by Gasteiger charge is 2.41. The van der Waals surface area contributed by atoms with E-state index in [1.165, 1.54) is 12.0 Å². The molecule has 0 aliphatic carbocycles. The van der Waals surface area contributed by atoms with Crippen molar-refractivity contribution in [1.82, 2.24) is 14.5 Å². The lowest BCUT2D eigenvalue weighted by molar-refractivity contribution is -0.134. The van der Waals surface area contributed by atoms with Crippen LogP contribution in [-0.4, -0.2) is 70.2 Å². The second-order valence-corrected chi connectivity index (χ2v) is 10.1. The molecule has 1 atom stereocenters. The molecule has 2 aliphatic heterocycles. The molecular formula is C20H31N3O3S. The van der Waals surface area contributed by atoms with E-state index >= 15 is 0 Å². The van der Waals surface area contributed by atoms with E-state index in [9.17, 15) is 13.2 Å². The molecule has 0 radical (unpaired) electrons. The van der Waals surface area contributed by atoms with E-state index in [1.54, 1.807) is 0 Å². The summed E-state index contributed by atoms with van der Waals surface area (Å²) in [6, 6.07) is 10.7. The van der Waals surface area contributed by atoms with E-state index in [0.717, 1.165) is 45.3 Å².